The Hall–Kier alpha value is -2.92. The monoisotopic (exact) mass is 419 g/mol. The lowest BCUT2D eigenvalue weighted by molar-refractivity contribution is 0.0955. The van der Waals surface area contributed by atoms with Gasteiger partial charge in [0.05, 0.1) is 6.21 Å². The number of amides is 1. The summed E-state index contributed by atoms with van der Waals surface area (Å²) >= 11 is 3.39. The number of carbonyl (C=O) groups is 1. The fourth-order valence-electron chi connectivity index (χ4n) is 3.14. The van der Waals surface area contributed by atoms with Crippen molar-refractivity contribution in [2.45, 2.75) is 13.1 Å². The molecule has 3 aromatic carbocycles. The first-order valence-electron chi connectivity index (χ1n) is 8.70. The first-order valence-corrected chi connectivity index (χ1v) is 9.49. The van der Waals surface area contributed by atoms with Gasteiger partial charge in [-0.05, 0) is 53.1 Å². The molecular formula is C22H18BrN3O. The van der Waals surface area contributed by atoms with E-state index in [4.69, 9.17) is 0 Å². The Balaban J connectivity index is 1.42. The fraction of sp³-hybridized carbons (Fsp3) is 0.0909. The average molecular weight is 420 g/mol. The largest absolute Gasteiger partial charge is 0.363 e. The number of hydrazone groups is 1. The lowest BCUT2D eigenvalue weighted by Gasteiger charge is -2.17. The SMILES string of the molecule is O=C(N/N=C/c1ccc(Br)cc1)c1ccc2c(c1)CN(c1ccccc1)C2. The minimum absolute atomic E-state index is 0.204. The third kappa shape index (κ3) is 4.09. The Bertz CT molecular complexity index is 984. The number of anilines is 1. The summed E-state index contributed by atoms with van der Waals surface area (Å²) in [5.74, 6) is -0.204. The Morgan fingerprint density at radius 1 is 0.963 bits per heavy atom. The predicted octanol–water partition coefficient (Wildman–Crippen LogP) is 4.73. The first-order chi connectivity index (χ1) is 13.2. The van der Waals surface area contributed by atoms with Crippen LogP contribution in [0.15, 0.2) is 82.4 Å². The van der Waals surface area contributed by atoms with Crippen LogP contribution in [0.4, 0.5) is 5.69 Å². The van der Waals surface area contributed by atoms with Crippen molar-refractivity contribution >= 4 is 33.7 Å². The number of nitrogens with one attached hydrogen (secondary N) is 1. The average Bonchev–Trinajstić information content (AvgIpc) is 3.13. The highest BCUT2D eigenvalue weighted by Crippen LogP contribution is 2.28. The molecule has 3 aromatic rings. The van der Waals surface area contributed by atoms with Crippen LogP contribution < -0.4 is 10.3 Å². The molecule has 0 saturated heterocycles. The van der Waals surface area contributed by atoms with E-state index < -0.39 is 0 Å². The zero-order chi connectivity index (χ0) is 18.6. The van der Waals surface area contributed by atoms with Gasteiger partial charge >= 0.3 is 0 Å². The van der Waals surface area contributed by atoms with E-state index >= 15 is 0 Å². The number of carbonyl (C=O) groups excluding carboxylic acids is 1. The van der Waals surface area contributed by atoms with Gasteiger partial charge in [0.1, 0.15) is 0 Å². The highest BCUT2D eigenvalue weighted by Gasteiger charge is 2.20. The molecule has 1 N–H and O–H groups in total. The lowest BCUT2D eigenvalue weighted by Crippen LogP contribution is -2.17. The van der Waals surface area contributed by atoms with Crippen LogP contribution >= 0.6 is 15.9 Å². The second-order valence-electron chi connectivity index (χ2n) is 6.43. The van der Waals surface area contributed by atoms with Gasteiger partial charge in [0.15, 0.2) is 0 Å². The van der Waals surface area contributed by atoms with E-state index in [9.17, 15) is 4.79 Å². The Labute approximate surface area is 166 Å². The maximum absolute atomic E-state index is 12.4. The summed E-state index contributed by atoms with van der Waals surface area (Å²) in [6.07, 6.45) is 1.63. The smallest absolute Gasteiger partial charge is 0.271 e. The lowest BCUT2D eigenvalue weighted by atomic mass is 10.1. The Morgan fingerprint density at radius 2 is 1.70 bits per heavy atom. The van der Waals surface area contributed by atoms with Gasteiger partial charge in [-0.3, -0.25) is 4.79 Å². The molecule has 0 aliphatic carbocycles. The third-order valence-electron chi connectivity index (χ3n) is 4.56. The van der Waals surface area contributed by atoms with Crippen LogP contribution in [0.5, 0.6) is 0 Å². The summed E-state index contributed by atoms with van der Waals surface area (Å²) in [6.45, 7) is 1.67. The third-order valence-corrected chi connectivity index (χ3v) is 5.09. The molecule has 4 rings (SSSR count). The summed E-state index contributed by atoms with van der Waals surface area (Å²) in [4.78, 5) is 14.7. The van der Waals surface area contributed by atoms with Crippen molar-refractivity contribution < 1.29 is 4.79 Å². The van der Waals surface area contributed by atoms with Crippen LogP contribution in [0.1, 0.15) is 27.0 Å². The molecule has 0 atom stereocenters. The van der Waals surface area contributed by atoms with Gasteiger partial charge in [0.25, 0.3) is 5.91 Å². The van der Waals surface area contributed by atoms with Crippen LogP contribution in [0.25, 0.3) is 0 Å². The number of benzene rings is 3. The number of hydrogen-bond acceptors (Lipinski definition) is 3. The van der Waals surface area contributed by atoms with Crippen molar-refractivity contribution in [2.24, 2.45) is 5.10 Å². The quantitative estimate of drug-likeness (QED) is 0.490. The molecule has 27 heavy (non-hydrogen) atoms. The number of nitrogens with zero attached hydrogens (tertiary/aromatic N) is 2. The van der Waals surface area contributed by atoms with Crippen LogP contribution in [0, 0.1) is 0 Å². The van der Waals surface area contributed by atoms with Crippen molar-refractivity contribution in [2.75, 3.05) is 4.90 Å². The molecule has 0 unspecified atom stereocenters. The number of rotatable bonds is 4. The molecule has 0 fully saturated rings. The van der Waals surface area contributed by atoms with Crippen molar-refractivity contribution in [1.29, 1.82) is 0 Å². The Kier molecular flexibility index (Phi) is 5.03. The van der Waals surface area contributed by atoms with E-state index in [-0.39, 0.29) is 5.91 Å². The summed E-state index contributed by atoms with van der Waals surface area (Å²) in [7, 11) is 0. The first kappa shape index (κ1) is 17.5. The Morgan fingerprint density at radius 3 is 2.48 bits per heavy atom. The summed E-state index contributed by atoms with van der Waals surface area (Å²) in [5.41, 5.74) is 7.78. The number of fused-ring (bicyclic) bond motifs is 1. The van der Waals surface area contributed by atoms with Gasteiger partial charge in [-0.15, -0.1) is 0 Å². The number of halogens is 1. The van der Waals surface area contributed by atoms with Gasteiger partial charge in [0, 0.05) is 28.8 Å². The second-order valence-corrected chi connectivity index (χ2v) is 7.34. The number of para-hydroxylation sites is 1. The van der Waals surface area contributed by atoms with Crippen molar-refractivity contribution in [1.82, 2.24) is 5.43 Å². The molecule has 0 aromatic heterocycles. The summed E-state index contributed by atoms with van der Waals surface area (Å²) in [5, 5.41) is 4.05. The van der Waals surface area contributed by atoms with Crippen LogP contribution in [0.2, 0.25) is 0 Å². The molecule has 0 spiro atoms. The topological polar surface area (TPSA) is 44.7 Å². The van der Waals surface area contributed by atoms with Crippen molar-refractivity contribution in [3.63, 3.8) is 0 Å². The van der Waals surface area contributed by atoms with Gasteiger partial charge in [-0.1, -0.05) is 52.3 Å². The van der Waals surface area contributed by atoms with Crippen molar-refractivity contribution in [3.05, 3.63) is 99.5 Å². The molecule has 4 nitrogen and oxygen atoms in total. The van der Waals surface area contributed by atoms with E-state index in [0.717, 1.165) is 23.1 Å². The highest BCUT2D eigenvalue weighted by molar-refractivity contribution is 9.10. The molecule has 1 aliphatic heterocycles. The molecule has 1 heterocycles. The maximum atomic E-state index is 12.4. The predicted molar refractivity (Wildman–Crippen MR) is 112 cm³/mol. The van der Waals surface area contributed by atoms with Crippen LogP contribution in [0.3, 0.4) is 0 Å². The van der Waals surface area contributed by atoms with Gasteiger partial charge in [0.2, 0.25) is 0 Å². The van der Waals surface area contributed by atoms with Crippen molar-refractivity contribution in [3.8, 4) is 0 Å². The van der Waals surface area contributed by atoms with E-state index in [1.165, 1.54) is 16.8 Å². The van der Waals surface area contributed by atoms with E-state index in [0.29, 0.717) is 5.56 Å². The minimum Gasteiger partial charge on any atom is -0.363 e. The van der Waals surface area contributed by atoms with E-state index in [1.54, 1.807) is 6.21 Å². The van der Waals surface area contributed by atoms with Gasteiger partial charge < -0.3 is 4.90 Å². The van der Waals surface area contributed by atoms with E-state index in [1.807, 2.05) is 60.7 Å². The maximum Gasteiger partial charge on any atom is 0.271 e. The normalized spacial score (nSPS) is 13.0. The highest BCUT2D eigenvalue weighted by atomic mass is 79.9. The molecule has 1 aliphatic rings. The molecule has 0 saturated carbocycles. The molecular weight excluding hydrogens is 402 g/mol. The second kappa shape index (κ2) is 7.76. The summed E-state index contributed by atoms with van der Waals surface area (Å²) in [6, 6.07) is 23.9. The minimum atomic E-state index is -0.204. The molecule has 0 bridgehead atoms. The standard InChI is InChI=1S/C22H18BrN3O/c23-20-10-6-16(7-11-20)13-24-25-22(27)17-8-9-18-14-26(15-19(18)12-17)21-4-2-1-3-5-21/h1-13H,14-15H2,(H,25,27)/b24-13+. The zero-order valence-electron chi connectivity index (χ0n) is 14.6. The molecule has 134 valence electrons. The van der Waals surface area contributed by atoms with Gasteiger partial charge in [-0.2, -0.15) is 5.10 Å². The molecule has 5 heteroatoms. The number of hydrogen-bond donors (Lipinski definition) is 1. The van der Waals surface area contributed by atoms with E-state index in [2.05, 4.69) is 43.5 Å². The fourth-order valence-corrected chi connectivity index (χ4v) is 3.40. The summed E-state index contributed by atoms with van der Waals surface area (Å²) < 4.78 is 1.01. The molecule has 0 radical (unpaired) electrons. The zero-order valence-corrected chi connectivity index (χ0v) is 16.2. The van der Waals surface area contributed by atoms with Gasteiger partial charge in [-0.25, -0.2) is 5.43 Å². The van der Waals surface area contributed by atoms with Crippen LogP contribution in [-0.2, 0) is 13.1 Å². The van der Waals surface area contributed by atoms with Crippen LogP contribution in [-0.4, -0.2) is 12.1 Å². The molecule has 1 amide bonds.